The summed E-state index contributed by atoms with van der Waals surface area (Å²) in [7, 11) is 0. The van der Waals surface area contributed by atoms with E-state index in [9.17, 15) is 4.79 Å². The third-order valence-corrected chi connectivity index (χ3v) is 4.86. The first-order chi connectivity index (χ1) is 10.6. The summed E-state index contributed by atoms with van der Waals surface area (Å²) < 4.78 is 0. The predicted octanol–water partition coefficient (Wildman–Crippen LogP) is 3.79. The lowest BCUT2D eigenvalue weighted by atomic mass is 9.97. The summed E-state index contributed by atoms with van der Waals surface area (Å²) >= 11 is 1.49. The van der Waals surface area contributed by atoms with E-state index in [4.69, 9.17) is 0 Å². The molecule has 0 unspecified atom stereocenters. The van der Waals surface area contributed by atoms with Crippen LogP contribution in [0, 0.1) is 19.8 Å². The summed E-state index contributed by atoms with van der Waals surface area (Å²) in [6, 6.07) is 6.34. The smallest absolute Gasteiger partial charge is 0.229 e. The van der Waals surface area contributed by atoms with Crippen LogP contribution in [0.1, 0.15) is 24.0 Å². The molecule has 0 aliphatic carbocycles. The molecule has 0 atom stereocenters. The zero-order chi connectivity index (χ0) is 15.5. The predicted molar refractivity (Wildman–Crippen MR) is 98.5 cm³/mol. The van der Waals surface area contributed by atoms with E-state index < -0.39 is 0 Å². The average molecular weight is 352 g/mol. The molecule has 2 N–H and O–H groups in total. The quantitative estimate of drug-likeness (QED) is 0.884. The number of hydrogen-bond donors (Lipinski definition) is 2. The highest BCUT2D eigenvalue weighted by atomic mass is 35.5. The van der Waals surface area contributed by atoms with Gasteiger partial charge in [-0.05, 0) is 45.3 Å². The zero-order valence-electron chi connectivity index (χ0n) is 13.4. The highest BCUT2D eigenvalue weighted by Gasteiger charge is 2.21. The molecule has 23 heavy (non-hydrogen) atoms. The van der Waals surface area contributed by atoms with Gasteiger partial charge in [0.05, 0.1) is 5.69 Å². The van der Waals surface area contributed by atoms with Crippen molar-refractivity contribution in [1.82, 2.24) is 10.3 Å². The van der Waals surface area contributed by atoms with Crippen LogP contribution in [0.2, 0.25) is 0 Å². The largest absolute Gasteiger partial charge is 0.317 e. The Morgan fingerprint density at radius 2 is 2.04 bits per heavy atom. The lowest BCUT2D eigenvalue weighted by Crippen LogP contribution is -2.34. The second-order valence-electron chi connectivity index (χ2n) is 5.87. The fraction of sp³-hybridized carbons (Fsp3) is 0.412. The molecule has 0 radical (unpaired) electrons. The van der Waals surface area contributed by atoms with Crippen molar-refractivity contribution in [1.29, 1.82) is 0 Å². The Bertz CT molecular complexity index is 680. The molecule has 0 saturated carbocycles. The standard InChI is InChI=1S/C17H21N3OS.ClH/c1-11-3-4-14(12(2)9-11)15-10-22-17(19-15)20-16(21)13-5-7-18-8-6-13;/h3-4,9-10,13,18H,5-8H2,1-2H3,(H,19,20,21);1H. The van der Waals surface area contributed by atoms with Crippen LogP contribution < -0.4 is 10.6 Å². The van der Waals surface area contributed by atoms with Crippen LogP contribution in [0.15, 0.2) is 23.6 Å². The molecule has 0 bridgehead atoms. The van der Waals surface area contributed by atoms with Gasteiger partial charge in [-0.3, -0.25) is 4.79 Å². The third-order valence-electron chi connectivity index (χ3n) is 4.10. The Balaban J connectivity index is 0.00000192. The van der Waals surface area contributed by atoms with Crippen LogP contribution in [-0.4, -0.2) is 24.0 Å². The number of rotatable bonds is 3. The van der Waals surface area contributed by atoms with Gasteiger partial charge in [-0.2, -0.15) is 0 Å². The van der Waals surface area contributed by atoms with E-state index in [2.05, 4.69) is 47.7 Å². The first-order valence-corrected chi connectivity index (χ1v) is 8.56. The van der Waals surface area contributed by atoms with E-state index in [0.29, 0.717) is 5.13 Å². The van der Waals surface area contributed by atoms with Crippen molar-refractivity contribution >= 4 is 34.8 Å². The Morgan fingerprint density at radius 1 is 1.30 bits per heavy atom. The van der Waals surface area contributed by atoms with Gasteiger partial charge in [0.1, 0.15) is 0 Å². The number of nitrogens with one attached hydrogen (secondary N) is 2. The van der Waals surface area contributed by atoms with Crippen molar-refractivity contribution in [3.05, 3.63) is 34.7 Å². The number of carbonyl (C=O) groups excluding carboxylic acids is 1. The molecule has 6 heteroatoms. The molecule has 2 heterocycles. The molecule has 1 aromatic heterocycles. The van der Waals surface area contributed by atoms with Crippen molar-refractivity contribution < 1.29 is 4.79 Å². The minimum atomic E-state index is 0. The first-order valence-electron chi connectivity index (χ1n) is 7.68. The number of aromatic nitrogens is 1. The lowest BCUT2D eigenvalue weighted by molar-refractivity contribution is -0.120. The molecule has 4 nitrogen and oxygen atoms in total. The van der Waals surface area contributed by atoms with Crippen molar-refractivity contribution in [2.24, 2.45) is 5.92 Å². The minimum Gasteiger partial charge on any atom is -0.317 e. The molecule has 1 aliphatic rings. The van der Waals surface area contributed by atoms with Crippen LogP contribution in [0.4, 0.5) is 5.13 Å². The van der Waals surface area contributed by atoms with Gasteiger partial charge in [0.15, 0.2) is 5.13 Å². The minimum absolute atomic E-state index is 0. The van der Waals surface area contributed by atoms with Gasteiger partial charge < -0.3 is 10.6 Å². The van der Waals surface area contributed by atoms with E-state index in [1.807, 2.05) is 5.38 Å². The zero-order valence-corrected chi connectivity index (χ0v) is 15.0. The highest BCUT2D eigenvalue weighted by molar-refractivity contribution is 7.14. The first kappa shape index (κ1) is 17.9. The molecule has 1 amide bonds. The topological polar surface area (TPSA) is 54.0 Å². The molecule has 2 aromatic rings. The second-order valence-corrected chi connectivity index (χ2v) is 6.73. The second kappa shape index (κ2) is 7.90. The summed E-state index contributed by atoms with van der Waals surface area (Å²) in [5.41, 5.74) is 4.52. The molecule has 1 aromatic carbocycles. The molecule has 0 spiro atoms. The number of halogens is 1. The molecule has 1 fully saturated rings. The molecular weight excluding hydrogens is 330 g/mol. The molecule has 3 rings (SSSR count). The maximum Gasteiger partial charge on any atom is 0.229 e. The number of piperidine rings is 1. The van der Waals surface area contributed by atoms with Gasteiger partial charge in [0.2, 0.25) is 5.91 Å². The Morgan fingerprint density at radius 3 is 2.74 bits per heavy atom. The Kier molecular flexibility index (Phi) is 6.16. The van der Waals surface area contributed by atoms with E-state index in [1.165, 1.54) is 22.5 Å². The molecule has 1 saturated heterocycles. The van der Waals surface area contributed by atoms with Gasteiger partial charge in [0.25, 0.3) is 0 Å². The number of nitrogens with zero attached hydrogens (tertiary/aromatic N) is 1. The number of carbonyl (C=O) groups is 1. The normalized spacial score (nSPS) is 15.0. The molecular formula is C17H22ClN3OS. The summed E-state index contributed by atoms with van der Waals surface area (Å²) in [6.45, 7) is 6.02. The van der Waals surface area contributed by atoms with Crippen molar-refractivity contribution in [3.63, 3.8) is 0 Å². The molecule has 124 valence electrons. The number of hydrogen-bond acceptors (Lipinski definition) is 4. The third kappa shape index (κ3) is 4.31. The number of amides is 1. The van der Waals surface area contributed by atoms with Crippen LogP contribution in [0.3, 0.4) is 0 Å². The van der Waals surface area contributed by atoms with Crippen LogP contribution in [0.5, 0.6) is 0 Å². The fourth-order valence-electron chi connectivity index (χ4n) is 2.85. The SMILES string of the molecule is Cc1ccc(-c2csc(NC(=O)C3CCNCC3)n2)c(C)c1.Cl. The van der Waals surface area contributed by atoms with E-state index in [1.54, 1.807) is 0 Å². The van der Waals surface area contributed by atoms with E-state index >= 15 is 0 Å². The average Bonchev–Trinajstić information content (AvgIpc) is 2.96. The number of aryl methyl sites for hydroxylation is 2. The van der Waals surface area contributed by atoms with Crippen LogP contribution >= 0.6 is 23.7 Å². The van der Waals surface area contributed by atoms with Crippen molar-refractivity contribution in [3.8, 4) is 11.3 Å². The van der Waals surface area contributed by atoms with Gasteiger partial charge in [-0.1, -0.05) is 23.8 Å². The van der Waals surface area contributed by atoms with Gasteiger partial charge >= 0.3 is 0 Å². The monoisotopic (exact) mass is 351 g/mol. The maximum atomic E-state index is 12.3. The van der Waals surface area contributed by atoms with Crippen LogP contribution in [0.25, 0.3) is 11.3 Å². The van der Waals surface area contributed by atoms with Gasteiger partial charge in [0, 0.05) is 16.9 Å². The van der Waals surface area contributed by atoms with Crippen molar-refractivity contribution in [2.75, 3.05) is 18.4 Å². The van der Waals surface area contributed by atoms with E-state index in [-0.39, 0.29) is 24.2 Å². The van der Waals surface area contributed by atoms with Gasteiger partial charge in [-0.15, -0.1) is 23.7 Å². The van der Waals surface area contributed by atoms with Crippen molar-refractivity contribution in [2.45, 2.75) is 26.7 Å². The van der Waals surface area contributed by atoms with Gasteiger partial charge in [-0.25, -0.2) is 4.98 Å². The number of anilines is 1. The lowest BCUT2D eigenvalue weighted by Gasteiger charge is -2.21. The summed E-state index contributed by atoms with van der Waals surface area (Å²) in [5, 5.41) is 8.95. The summed E-state index contributed by atoms with van der Waals surface area (Å²) in [4.78, 5) is 16.8. The van der Waals surface area contributed by atoms with E-state index in [0.717, 1.165) is 37.2 Å². The Labute approximate surface area is 147 Å². The highest BCUT2D eigenvalue weighted by Crippen LogP contribution is 2.28. The maximum absolute atomic E-state index is 12.3. The fourth-order valence-corrected chi connectivity index (χ4v) is 3.56. The number of thiazole rings is 1. The molecule has 1 aliphatic heterocycles. The summed E-state index contributed by atoms with van der Waals surface area (Å²) in [6.07, 6.45) is 1.81. The van der Waals surface area contributed by atoms with Crippen LogP contribution in [-0.2, 0) is 4.79 Å². The summed E-state index contributed by atoms with van der Waals surface area (Å²) in [5.74, 6) is 0.206. The number of benzene rings is 1. The Hall–Kier alpha value is -1.43.